The highest BCUT2D eigenvalue weighted by Crippen LogP contribution is 2.32. The molecule has 4 N–H and O–H groups in total. The number of rotatable bonds is 2. The molecular formula is C14H16N4O. The first kappa shape index (κ1) is 11.8. The van der Waals surface area contributed by atoms with Crippen LogP contribution in [0.2, 0.25) is 0 Å². The molecule has 1 amide bonds. The Kier molecular flexibility index (Phi) is 2.74. The third-order valence-electron chi connectivity index (χ3n) is 3.71. The van der Waals surface area contributed by atoms with E-state index in [2.05, 4.69) is 9.88 Å². The number of benzene rings is 1. The lowest BCUT2D eigenvalue weighted by atomic mass is 10.1. The van der Waals surface area contributed by atoms with Gasteiger partial charge in [0.2, 0.25) is 5.91 Å². The number of anilines is 2. The van der Waals surface area contributed by atoms with Gasteiger partial charge in [-0.15, -0.1) is 0 Å². The summed E-state index contributed by atoms with van der Waals surface area (Å²) in [6.45, 7) is 1.48. The van der Waals surface area contributed by atoms with Gasteiger partial charge in [0.15, 0.2) is 0 Å². The van der Waals surface area contributed by atoms with Gasteiger partial charge in [0, 0.05) is 30.4 Å². The minimum absolute atomic E-state index is 0.0729. The Morgan fingerprint density at radius 1 is 1.37 bits per heavy atom. The van der Waals surface area contributed by atoms with Crippen molar-refractivity contribution in [2.24, 2.45) is 11.7 Å². The molecule has 1 saturated heterocycles. The van der Waals surface area contributed by atoms with Crippen LogP contribution < -0.4 is 16.4 Å². The smallest absolute Gasteiger partial charge is 0.222 e. The second-order valence-corrected chi connectivity index (χ2v) is 4.91. The van der Waals surface area contributed by atoms with E-state index in [-0.39, 0.29) is 11.8 Å². The predicted octanol–water partition coefficient (Wildman–Crippen LogP) is 1.13. The number of aromatic nitrogens is 1. The lowest BCUT2D eigenvalue weighted by Gasteiger charge is -2.20. The van der Waals surface area contributed by atoms with Crippen LogP contribution in [0.1, 0.15) is 6.42 Å². The van der Waals surface area contributed by atoms with Gasteiger partial charge < -0.3 is 16.4 Å². The Balaban J connectivity index is 2.02. The van der Waals surface area contributed by atoms with Crippen LogP contribution in [0, 0.1) is 5.92 Å². The molecule has 98 valence electrons. The van der Waals surface area contributed by atoms with Crippen LogP contribution in [0.4, 0.5) is 11.4 Å². The van der Waals surface area contributed by atoms with Crippen molar-refractivity contribution in [3.05, 3.63) is 30.5 Å². The number of nitrogen functional groups attached to an aromatic ring is 1. The summed E-state index contributed by atoms with van der Waals surface area (Å²) in [6, 6.07) is 7.69. The number of pyridine rings is 1. The van der Waals surface area contributed by atoms with Crippen molar-refractivity contribution in [1.82, 2.24) is 4.98 Å². The van der Waals surface area contributed by atoms with Gasteiger partial charge in [-0.1, -0.05) is 0 Å². The molecule has 0 aliphatic carbocycles. The summed E-state index contributed by atoms with van der Waals surface area (Å²) in [5.41, 5.74) is 14.0. The monoisotopic (exact) mass is 256 g/mol. The molecule has 1 aromatic carbocycles. The Bertz CT molecular complexity index is 640. The lowest BCUT2D eigenvalue weighted by Crippen LogP contribution is -2.27. The van der Waals surface area contributed by atoms with Gasteiger partial charge in [-0.25, -0.2) is 0 Å². The molecule has 5 nitrogen and oxygen atoms in total. The summed E-state index contributed by atoms with van der Waals surface area (Å²) in [4.78, 5) is 17.8. The van der Waals surface area contributed by atoms with Gasteiger partial charge in [0.1, 0.15) is 0 Å². The summed E-state index contributed by atoms with van der Waals surface area (Å²) in [5, 5.41) is 0.947. The summed E-state index contributed by atoms with van der Waals surface area (Å²) in [5.74, 6) is -0.300. The van der Waals surface area contributed by atoms with Crippen molar-refractivity contribution in [3.8, 4) is 0 Å². The van der Waals surface area contributed by atoms with E-state index in [0.29, 0.717) is 6.54 Å². The SMILES string of the molecule is NC(=O)C1CCN(c2ccc(N)c3cccnc23)C1. The molecule has 1 fully saturated rings. The third kappa shape index (κ3) is 1.97. The predicted molar refractivity (Wildman–Crippen MR) is 75.7 cm³/mol. The molecule has 3 rings (SSSR count). The largest absolute Gasteiger partial charge is 0.398 e. The van der Waals surface area contributed by atoms with Crippen LogP contribution in [0.3, 0.4) is 0 Å². The first-order valence-electron chi connectivity index (χ1n) is 6.34. The molecule has 0 spiro atoms. The Morgan fingerprint density at radius 2 is 2.21 bits per heavy atom. The molecule has 0 bridgehead atoms. The number of amides is 1. The normalized spacial score (nSPS) is 18.9. The highest BCUT2D eigenvalue weighted by atomic mass is 16.1. The van der Waals surface area contributed by atoms with Crippen molar-refractivity contribution in [2.45, 2.75) is 6.42 Å². The second-order valence-electron chi connectivity index (χ2n) is 4.91. The number of fused-ring (bicyclic) bond motifs is 1. The first-order valence-corrected chi connectivity index (χ1v) is 6.34. The van der Waals surface area contributed by atoms with E-state index < -0.39 is 0 Å². The molecular weight excluding hydrogens is 240 g/mol. The van der Waals surface area contributed by atoms with Crippen LogP contribution in [-0.4, -0.2) is 24.0 Å². The zero-order valence-corrected chi connectivity index (χ0v) is 10.5. The molecule has 2 heterocycles. The van der Waals surface area contributed by atoms with Crippen molar-refractivity contribution in [1.29, 1.82) is 0 Å². The number of carbonyl (C=O) groups excluding carboxylic acids is 1. The van der Waals surface area contributed by atoms with E-state index in [1.54, 1.807) is 6.20 Å². The van der Waals surface area contributed by atoms with Crippen molar-refractivity contribution < 1.29 is 4.79 Å². The van der Waals surface area contributed by atoms with Crippen molar-refractivity contribution in [3.63, 3.8) is 0 Å². The topological polar surface area (TPSA) is 85.2 Å². The molecule has 1 unspecified atom stereocenters. The zero-order chi connectivity index (χ0) is 13.4. The van der Waals surface area contributed by atoms with Crippen LogP contribution in [0.5, 0.6) is 0 Å². The summed E-state index contributed by atoms with van der Waals surface area (Å²) >= 11 is 0. The average molecular weight is 256 g/mol. The molecule has 0 saturated carbocycles. The Hall–Kier alpha value is -2.30. The quantitative estimate of drug-likeness (QED) is 0.789. The molecule has 0 radical (unpaired) electrons. The van der Waals surface area contributed by atoms with E-state index in [1.165, 1.54) is 0 Å². The number of primary amides is 1. The molecule has 1 aliphatic heterocycles. The van der Waals surface area contributed by atoms with E-state index in [4.69, 9.17) is 11.5 Å². The van der Waals surface area contributed by atoms with E-state index in [0.717, 1.165) is 35.2 Å². The maximum Gasteiger partial charge on any atom is 0.222 e. The summed E-state index contributed by atoms with van der Waals surface area (Å²) < 4.78 is 0. The fourth-order valence-corrected chi connectivity index (χ4v) is 2.65. The van der Waals surface area contributed by atoms with Crippen LogP contribution in [-0.2, 0) is 4.79 Å². The van der Waals surface area contributed by atoms with E-state index >= 15 is 0 Å². The molecule has 5 heteroatoms. The molecule has 1 atom stereocenters. The van der Waals surface area contributed by atoms with Gasteiger partial charge in [0.05, 0.1) is 17.1 Å². The summed E-state index contributed by atoms with van der Waals surface area (Å²) in [7, 11) is 0. The summed E-state index contributed by atoms with van der Waals surface area (Å²) in [6.07, 6.45) is 2.56. The van der Waals surface area contributed by atoms with Gasteiger partial charge >= 0.3 is 0 Å². The maximum atomic E-state index is 11.3. The standard InChI is InChI=1S/C14H16N4O/c15-11-3-4-12(13-10(11)2-1-6-17-13)18-7-5-9(8-18)14(16)19/h1-4,6,9H,5,7-8,15H2,(H2,16,19). The van der Waals surface area contributed by atoms with Gasteiger partial charge in [0.25, 0.3) is 0 Å². The maximum absolute atomic E-state index is 11.3. The first-order chi connectivity index (χ1) is 9.16. The van der Waals surface area contributed by atoms with Gasteiger partial charge in [-0.3, -0.25) is 9.78 Å². The highest BCUT2D eigenvalue weighted by Gasteiger charge is 2.27. The van der Waals surface area contributed by atoms with Gasteiger partial charge in [-0.05, 0) is 30.7 Å². The second kappa shape index (κ2) is 4.42. The number of hydrogen-bond donors (Lipinski definition) is 2. The number of hydrogen-bond acceptors (Lipinski definition) is 4. The number of carbonyl (C=O) groups is 1. The third-order valence-corrected chi connectivity index (χ3v) is 3.71. The van der Waals surface area contributed by atoms with Crippen LogP contribution >= 0.6 is 0 Å². The average Bonchev–Trinajstić information content (AvgIpc) is 2.89. The van der Waals surface area contributed by atoms with Crippen molar-refractivity contribution >= 4 is 28.2 Å². The number of nitrogens with zero attached hydrogens (tertiary/aromatic N) is 2. The van der Waals surface area contributed by atoms with E-state index in [1.807, 2.05) is 24.3 Å². The van der Waals surface area contributed by atoms with E-state index in [9.17, 15) is 4.79 Å². The zero-order valence-electron chi connectivity index (χ0n) is 10.5. The highest BCUT2D eigenvalue weighted by molar-refractivity contribution is 5.98. The lowest BCUT2D eigenvalue weighted by molar-refractivity contribution is -0.121. The number of nitrogens with two attached hydrogens (primary N) is 2. The fraction of sp³-hybridized carbons (Fsp3) is 0.286. The molecule has 2 aromatic rings. The fourth-order valence-electron chi connectivity index (χ4n) is 2.65. The Morgan fingerprint density at radius 3 is 2.95 bits per heavy atom. The molecule has 1 aromatic heterocycles. The minimum atomic E-state index is -0.227. The van der Waals surface area contributed by atoms with Crippen LogP contribution in [0.15, 0.2) is 30.5 Å². The Labute approximate surface area is 111 Å². The van der Waals surface area contributed by atoms with Crippen molar-refractivity contribution in [2.75, 3.05) is 23.7 Å². The molecule has 1 aliphatic rings. The van der Waals surface area contributed by atoms with Gasteiger partial charge in [-0.2, -0.15) is 0 Å². The minimum Gasteiger partial charge on any atom is -0.398 e. The molecule has 19 heavy (non-hydrogen) atoms. The van der Waals surface area contributed by atoms with Crippen LogP contribution in [0.25, 0.3) is 10.9 Å².